The van der Waals surface area contributed by atoms with Gasteiger partial charge in [-0.3, -0.25) is 0 Å². The molecule has 0 spiro atoms. The molecule has 0 unspecified atom stereocenters. The smallest absolute Gasteiger partial charge is 0.117 e. The molecule has 0 saturated heterocycles. The number of benzene rings is 1. The third-order valence-corrected chi connectivity index (χ3v) is 2.91. The van der Waals surface area contributed by atoms with Gasteiger partial charge in [0.05, 0.1) is 6.10 Å². The van der Waals surface area contributed by atoms with Gasteiger partial charge >= 0.3 is 0 Å². The monoisotopic (exact) mass is 274 g/mol. The predicted molar refractivity (Wildman–Crippen MR) is 79.2 cm³/mol. The van der Waals surface area contributed by atoms with Crippen molar-refractivity contribution in [2.75, 3.05) is 13.2 Å². The second-order valence-electron chi connectivity index (χ2n) is 4.93. The maximum atomic E-state index is 5.50. The molecule has 0 aliphatic heterocycles. The molecule has 5 nitrogen and oxygen atoms in total. The summed E-state index contributed by atoms with van der Waals surface area (Å²) in [6.07, 6.45) is 1.30. The molecule has 2 aromatic rings. The molecule has 0 radical (unpaired) electrons. The van der Waals surface area contributed by atoms with Crippen molar-refractivity contribution >= 4 is 0 Å². The molecule has 2 N–H and O–H groups in total. The largest absolute Gasteiger partial charge is 0.379 e. The van der Waals surface area contributed by atoms with Gasteiger partial charge in [-0.2, -0.15) is 15.4 Å². The van der Waals surface area contributed by atoms with Crippen LogP contribution in [-0.2, 0) is 11.3 Å². The van der Waals surface area contributed by atoms with E-state index < -0.39 is 0 Å². The van der Waals surface area contributed by atoms with Crippen LogP contribution in [0.2, 0.25) is 0 Å². The summed E-state index contributed by atoms with van der Waals surface area (Å²) in [5, 5.41) is 14.5. The average molecular weight is 274 g/mol. The number of aromatic nitrogens is 3. The van der Waals surface area contributed by atoms with Crippen LogP contribution in [0.5, 0.6) is 0 Å². The van der Waals surface area contributed by atoms with E-state index in [2.05, 4.69) is 34.6 Å². The summed E-state index contributed by atoms with van der Waals surface area (Å²) in [4.78, 5) is 0. The van der Waals surface area contributed by atoms with Crippen LogP contribution < -0.4 is 5.32 Å². The third kappa shape index (κ3) is 4.43. The van der Waals surface area contributed by atoms with Gasteiger partial charge in [-0.1, -0.05) is 30.3 Å². The number of nitrogens with one attached hydrogen (secondary N) is 2. The molecular formula is C15H22N4O. The summed E-state index contributed by atoms with van der Waals surface area (Å²) in [5.41, 5.74) is 2.94. The molecule has 1 aromatic carbocycles. The number of hydrogen-bond donors (Lipinski definition) is 2. The van der Waals surface area contributed by atoms with E-state index in [1.165, 1.54) is 0 Å². The first kappa shape index (κ1) is 14.7. The molecule has 0 aliphatic rings. The van der Waals surface area contributed by atoms with Gasteiger partial charge in [0.2, 0.25) is 0 Å². The van der Waals surface area contributed by atoms with Gasteiger partial charge in [0.25, 0.3) is 0 Å². The molecule has 20 heavy (non-hydrogen) atoms. The number of nitrogens with zero attached hydrogens (tertiary/aromatic N) is 2. The Kier molecular flexibility index (Phi) is 5.70. The van der Waals surface area contributed by atoms with Crippen LogP contribution in [0.25, 0.3) is 11.3 Å². The lowest BCUT2D eigenvalue weighted by Gasteiger charge is -2.07. The summed E-state index contributed by atoms with van der Waals surface area (Å²) in [6.45, 7) is 6.51. The summed E-state index contributed by atoms with van der Waals surface area (Å²) in [7, 11) is 0. The normalized spacial score (nSPS) is 11.2. The zero-order valence-electron chi connectivity index (χ0n) is 12.1. The molecule has 0 bridgehead atoms. The van der Waals surface area contributed by atoms with Gasteiger partial charge in [0, 0.05) is 18.7 Å². The summed E-state index contributed by atoms with van der Waals surface area (Å²) in [6, 6.07) is 10.1. The average Bonchev–Trinajstić information content (AvgIpc) is 2.92. The molecule has 2 rings (SSSR count). The first-order valence-corrected chi connectivity index (χ1v) is 7.04. The van der Waals surface area contributed by atoms with E-state index >= 15 is 0 Å². The van der Waals surface area contributed by atoms with Crippen LogP contribution in [0.3, 0.4) is 0 Å². The molecule has 0 saturated carbocycles. The highest BCUT2D eigenvalue weighted by atomic mass is 16.5. The van der Waals surface area contributed by atoms with Crippen molar-refractivity contribution in [3.05, 3.63) is 36.0 Å². The standard InChI is InChI=1S/C15H22N4O/c1-12(2)20-10-6-9-16-11-14-15(18-19-17-14)13-7-4-3-5-8-13/h3-5,7-8,12,16H,6,9-11H2,1-2H3,(H,17,18,19). The van der Waals surface area contributed by atoms with Gasteiger partial charge in [0.15, 0.2) is 0 Å². The summed E-state index contributed by atoms with van der Waals surface area (Å²) >= 11 is 0. The number of rotatable bonds is 8. The maximum Gasteiger partial charge on any atom is 0.117 e. The van der Waals surface area contributed by atoms with E-state index in [9.17, 15) is 0 Å². The minimum atomic E-state index is 0.301. The van der Waals surface area contributed by atoms with Gasteiger partial charge in [-0.25, -0.2) is 0 Å². The van der Waals surface area contributed by atoms with Crippen LogP contribution in [0, 0.1) is 0 Å². The SMILES string of the molecule is CC(C)OCCCNCc1n[nH]nc1-c1ccccc1. The summed E-state index contributed by atoms with van der Waals surface area (Å²) < 4.78 is 5.50. The van der Waals surface area contributed by atoms with Crippen molar-refractivity contribution in [3.63, 3.8) is 0 Å². The van der Waals surface area contributed by atoms with Gasteiger partial charge in [-0.15, -0.1) is 0 Å². The fraction of sp³-hybridized carbons (Fsp3) is 0.467. The number of aromatic amines is 1. The zero-order chi connectivity index (χ0) is 14.2. The number of ether oxygens (including phenoxy) is 1. The first-order valence-electron chi connectivity index (χ1n) is 7.04. The fourth-order valence-corrected chi connectivity index (χ4v) is 1.93. The quantitative estimate of drug-likeness (QED) is 0.725. The van der Waals surface area contributed by atoms with Crippen molar-refractivity contribution in [2.24, 2.45) is 0 Å². The lowest BCUT2D eigenvalue weighted by Crippen LogP contribution is -2.18. The highest BCUT2D eigenvalue weighted by Gasteiger charge is 2.08. The molecular weight excluding hydrogens is 252 g/mol. The van der Waals surface area contributed by atoms with Crippen LogP contribution >= 0.6 is 0 Å². The molecule has 0 atom stereocenters. The van der Waals surface area contributed by atoms with Crippen molar-refractivity contribution in [1.29, 1.82) is 0 Å². The van der Waals surface area contributed by atoms with E-state index in [1.807, 2.05) is 30.3 Å². The fourth-order valence-electron chi connectivity index (χ4n) is 1.93. The molecule has 0 aliphatic carbocycles. The second kappa shape index (κ2) is 7.77. The van der Waals surface area contributed by atoms with Crippen LogP contribution in [0.4, 0.5) is 0 Å². The highest BCUT2D eigenvalue weighted by Crippen LogP contribution is 2.18. The summed E-state index contributed by atoms with van der Waals surface area (Å²) in [5.74, 6) is 0. The van der Waals surface area contributed by atoms with Crippen molar-refractivity contribution in [3.8, 4) is 11.3 Å². The van der Waals surface area contributed by atoms with Crippen LogP contribution in [-0.4, -0.2) is 34.7 Å². The van der Waals surface area contributed by atoms with Crippen molar-refractivity contribution < 1.29 is 4.74 Å². The Bertz CT molecular complexity index is 496. The highest BCUT2D eigenvalue weighted by molar-refractivity contribution is 5.60. The third-order valence-electron chi connectivity index (χ3n) is 2.91. The zero-order valence-corrected chi connectivity index (χ0v) is 12.1. The Morgan fingerprint density at radius 1 is 1.20 bits per heavy atom. The van der Waals surface area contributed by atoms with Crippen LogP contribution in [0.1, 0.15) is 26.0 Å². The Balaban J connectivity index is 1.78. The lowest BCUT2D eigenvalue weighted by atomic mass is 10.1. The molecule has 1 heterocycles. The van der Waals surface area contributed by atoms with Gasteiger partial charge < -0.3 is 10.1 Å². The van der Waals surface area contributed by atoms with E-state index in [0.29, 0.717) is 12.6 Å². The Labute approximate surface area is 119 Å². The van der Waals surface area contributed by atoms with E-state index in [1.54, 1.807) is 0 Å². The molecule has 1 aromatic heterocycles. The lowest BCUT2D eigenvalue weighted by molar-refractivity contribution is 0.0770. The maximum absolute atomic E-state index is 5.50. The Hall–Kier alpha value is -1.72. The van der Waals surface area contributed by atoms with E-state index in [4.69, 9.17) is 4.74 Å². The Morgan fingerprint density at radius 3 is 2.75 bits per heavy atom. The van der Waals surface area contributed by atoms with Crippen LogP contribution in [0.15, 0.2) is 30.3 Å². The molecule has 108 valence electrons. The first-order chi connectivity index (χ1) is 9.77. The number of H-pyrrole nitrogens is 1. The number of hydrogen-bond acceptors (Lipinski definition) is 4. The van der Waals surface area contributed by atoms with E-state index in [0.717, 1.165) is 36.5 Å². The second-order valence-corrected chi connectivity index (χ2v) is 4.93. The van der Waals surface area contributed by atoms with E-state index in [-0.39, 0.29) is 0 Å². The van der Waals surface area contributed by atoms with Crippen molar-refractivity contribution in [1.82, 2.24) is 20.7 Å². The van der Waals surface area contributed by atoms with Gasteiger partial charge in [-0.05, 0) is 26.8 Å². The predicted octanol–water partition coefficient (Wildman–Crippen LogP) is 2.38. The molecule has 0 fully saturated rings. The minimum Gasteiger partial charge on any atom is -0.379 e. The topological polar surface area (TPSA) is 62.8 Å². The molecule has 5 heteroatoms. The van der Waals surface area contributed by atoms with Crippen molar-refractivity contribution in [2.45, 2.75) is 32.9 Å². The molecule has 0 amide bonds. The Morgan fingerprint density at radius 2 is 2.00 bits per heavy atom. The van der Waals surface area contributed by atoms with Gasteiger partial charge in [0.1, 0.15) is 11.4 Å². The minimum absolute atomic E-state index is 0.301.